The van der Waals surface area contributed by atoms with Gasteiger partial charge in [0.25, 0.3) is 0 Å². The number of furan rings is 1. The summed E-state index contributed by atoms with van der Waals surface area (Å²) in [6.07, 6.45) is 2.70. The van der Waals surface area contributed by atoms with Gasteiger partial charge in [0.15, 0.2) is 11.4 Å². The molecule has 6 nitrogen and oxygen atoms in total. The molecule has 0 unspecified atom stereocenters. The molecule has 0 spiro atoms. The summed E-state index contributed by atoms with van der Waals surface area (Å²) in [7, 11) is 1.93. The third kappa shape index (κ3) is 2.72. The summed E-state index contributed by atoms with van der Waals surface area (Å²) in [4.78, 5) is 4.39. The number of nitrogens with zero attached hydrogens (tertiary/aromatic N) is 3. The summed E-state index contributed by atoms with van der Waals surface area (Å²) in [5.74, 6) is 1.32. The molecule has 0 saturated carbocycles. The minimum Gasteiger partial charge on any atom is -0.477 e. The number of imidazole rings is 1. The molecule has 1 aromatic carbocycles. The molecular weight excluding hydrogens is 304 g/mol. The molecule has 0 aliphatic heterocycles. The molecule has 6 heteroatoms. The normalized spacial score (nSPS) is 11.4. The molecule has 3 heterocycles. The summed E-state index contributed by atoms with van der Waals surface area (Å²) >= 11 is 0. The lowest BCUT2D eigenvalue weighted by Gasteiger charge is -2.05. The zero-order valence-electron chi connectivity index (χ0n) is 13.4. The quantitative estimate of drug-likeness (QED) is 0.553. The van der Waals surface area contributed by atoms with Crippen molar-refractivity contribution in [3.63, 3.8) is 0 Å². The van der Waals surface area contributed by atoms with E-state index >= 15 is 0 Å². The van der Waals surface area contributed by atoms with Crippen LogP contribution in [0.5, 0.6) is 5.88 Å². The zero-order valence-corrected chi connectivity index (χ0v) is 13.4. The van der Waals surface area contributed by atoms with Gasteiger partial charge in [0.05, 0.1) is 12.8 Å². The van der Waals surface area contributed by atoms with Crippen molar-refractivity contribution < 1.29 is 9.15 Å². The molecule has 0 radical (unpaired) electrons. The Morgan fingerprint density at radius 1 is 1.21 bits per heavy atom. The Kier molecular flexibility index (Phi) is 3.88. The Bertz CT molecular complexity index is 940. The second-order valence-electron chi connectivity index (χ2n) is 5.54. The first kappa shape index (κ1) is 14.7. The van der Waals surface area contributed by atoms with Gasteiger partial charge in [-0.2, -0.15) is 0 Å². The molecule has 4 rings (SSSR count). The van der Waals surface area contributed by atoms with Crippen LogP contribution in [0.2, 0.25) is 0 Å². The number of fused-ring (bicyclic) bond motifs is 2. The molecule has 0 aliphatic carbocycles. The molecule has 0 bridgehead atoms. The van der Waals surface area contributed by atoms with E-state index in [9.17, 15) is 0 Å². The second-order valence-corrected chi connectivity index (χ2v) is 5.54. The summed E-state index contributed by atoms with van der Waals surface area (Å²) in [5.41, 5.74) is 2.41. The highest BCUT2D eigenvalue weighted by Crippen LogP contribution is 2.28. The molecule has 0 saturated heterocycles. The second kappa shape index (κ2) is 6.33. The van der Waals surface area contributed by atoms with Crippen LogP contribution >= 0.6 is 0 Å². The highest BCUT2D eigenvalue weighted by molar-refractivity contribution is 5.82. The zero-order chi connectivity index (χ0) is 16.4. The number of rotatable bonds is 6. The van der Waals surface area contributed by atoms with Gasteiger partial charge in [0.1, 0.15) is 11.3 Å². The van der Waals surface area contributed by atoms with E-state index in [1.54, 1.807) is 10.7 Å². The number of aromatic nitrogens is 3. The fraction of sp³-hybridized carbons (Fsp3) is 0.222. The van der Waals surface area contributed by atoms with Crippen molar-refractivity contribution in [2.24, 2.45) is 0 Å². The van der Waals surface area contributed by atoms with Crippen molar-refractivity contribution in [3.8, 4) is 17.3 Å². The Morgan fingerprint density at radius 3 is 3.00 bits per heavy atom. The van der Waals surface area contributed by atoms with Gasteiger partial charge in [-0.3, -0.25) is 0 Å². The van der Waals surface area contributed by atoms with Gasteiger partial charge in [0, 0.05) is 11.5 Å². The number of para-hydroxylation sites is 1. The monoisotopic (exact) mass is 322 g/mol. The standard InChI is InChI=1S/C18H18N4O2/c1-19-9-4-10-23-18-8-7-17-20-12-14(22(17)21-18)16-11-13-5-2-3-6-15(13)24-16/h2-3,5-8,11-12,19H,4,9-10H2,1H3. The minimum atomic E-state index is 0.578. The average molecular weight is 322 g/mol. The Hall–Kier alpha value is -2.86. The van der Waals surface area contributed by atoms with Crippen molar-refractivity contribution >= 4 is 16.6 Å². The number of nitrogens with one attached hydrogen (secondary N) is 1. The number of ether oxygens (including phenoxy) is 1. The van der Waals surface area contributed by atoms with Crippen molar-refractivity contribution in [2.75, 3.05) is 20.2 Å². The lowest BCUT2D eigenvalue weighted by atomic mass is 10.2. The van der Waals surface area contributed by atoms with Crippen molar-refractivity contribution in [1.82, 2.24) is 19.9 Å². The van der Waals surface area contributed by atoms with Crippen LogP contribution in [0.1, 0.15) is 6.42 Å². The summed E-state index contributed by atoms with van der Waals surface area (Å²) in [6.45, 7) is 1.53. The van der Waals surface area contributed by atoms with E-state index in [4.69, 9.17) is 9.15 Å². The van der Waals surface area contributed by atoms with E-state index in [1.165, 1.54) is 0 Å². The molecule has 1 N–H and O–H groups in total. The van der Waals surface area contributed by atoms with Crippen LogP contribution in [0.15, 0.2) is 53.1 Å². The Morgan fingerprint density at radius 2 is 2.12 bits per heavy atom. The van der Waals surface area contributed by atoms with Gasteiger partial charge in [0.2, 0.25) is 5.88 Å². The highest BCUT2D eigenvalue weighted by atomic mass is 16.5. The van der Waals surface area contributed by atoms with Gasteiger partial charge in [-0.15, -0.1) is 5.10 Å². The van der Waals surface area contributed by atoms with Crippen LogP contribution in [-0.4, -0.2) is 34.8 Å². The van der Waals surface area contributed by atoms with Gasteiger partial charge in [-0.05, 0) is 38.2 Å². The first-order chi connectivity index (χ1) is 11.8. The Balaban J connectivity index is 1.67. The van der Waals surface area contributed by atoms with Crippen LogP contribution < -0.4 is 10.1 Å². The van der Waals surface area contributed by atoms with Gasteiger partial charge >= 0.3 is 0 Å². The third-order valence-electron chi connectivity index (χ3n) is 3.84. The maximum absolute atomic E-state index is 5.92. The first-order valence-electron chi connectivity index (χ1n) is 7.96. The smallest absolute Gasteiger partial charge is 0.231 e. The molecule has 0 atom stereocenters. The lowest BCUT2D eigenvalue weighted by Crippen LogP contribution is -2.12. The molecule has 0 amide bonds. The van der Waals surface area contributed by atoms with E-state index in [0.717, 1.165) is 41.0 Å². The lowest BCUT2D eigenvalue weighted by molar-refractivity contribution is 0.294. The average Bonchev–Trinajstić information content (AvgIpc) is 3.21. The number of benzene rings is 1. The van der Waals surface area contributed by atoms with Gasteiger partial charge < -0.3 is 14.5 Å². The molecular formula is C18H18N4O2. The molecule has 24 heavy (non-hydrogen) atoms. The molecule has 4 aromatic rings. The highest BCUT2D eigenvalue weighted by Gasteiger charge is 2.13. The fourth-order valence-corrected chi connectivity index (χ4v) is 2.64. The van der Waals surface area contributed by atoms with Crippen molar-refractivity contribution in [2.45, 2.75) is 6.42 Å². The van der Waals surface area contributed by atoms with Crippen LogP contribution in [0.25, 0.3) is 28.1 Å². The van der Waals surface area contributed by atoms with E-state index in [1.807, 2.05) is 49.5 Å². The van der Waals surface area contributed by atoms with E-state index in [2.05, 4.69) is 15.4 Å². The first-order valence-corrected chi connectivity index (χ1v) is 7.96. The SMILES string of the molecule is CNCCCOc1ccc2ncc(-c3cc4ccccc4o3)n2n1. The van der Waals surface area contributed by atoms with Gasteiger partial charge in [-0.1, -0.05) is 18.2 Å². The van der Waals surface area contributed by atoms with Crippen molar-refractivity contribution in [1.29, 1.82) is 0 Å². The van der Waals surface area contributed by atoms with Crippen LogP contribution in [0, 0.1) is 0 Å². The molecule has 0 aliphatic rings. The van der Waals surface area contributed by atoms with Crippen molar-refractivity contribution in [3.05, 3.63) is 48.7 Å². The summed E-state index contributed by atoms with van der Waals surface area (Å²) in [6, 6.07) is 13.7. The minimum absolute atomic E-state index is 0.578. The van der Waals surface area contributed by atoms with Crippen LogP contribution in [-0.2, 0) is 0 Å². The van der Waals surface area contributed by atoms with E-state index in [-0.39, 0.29) is 0 Å². The molecule has 122 valence electrons. The maximum atomic E-state index is 5.92. The third-order valence-corrected chi connectivity index (χ3v) is 3.84. The fourth-order valence-electron chi connectivity index (χ4n) is 2.64. The predicted molar refractivity (Wildman–Crippen MR) is 92.2 cm³/mol. The Labute approximate surface area is 139 Å². The largest absolute Gasteiger partial charge is 0.477 e. The topological polar surface area (TPSA) is 64.6 Å². The molecule has 0 fully saturated rings. The molecule has 3 aromatic heterocycles. The number of hydrogen-bond donors (Lipinski definition) is 1. The summed E-state index contributed by atoms with van der Waals surface area (Å²) < 4.78 is 13.4. The van der Waals surface area contributed by atoms with Crippen LogP contribution in [0.3, 0.4) is 0 Å². The van der Waals surface area contributed by atoms with E-state index < -0.39 is 0 Å². The van der Waals surface area contributed by atoms with E-state index in [0.29, 0.717) is 12.5 Å². The maximum Gasteiger partial charge on any atom is 0.231 e. The number of hydrogen-bond acceptors (Lipinski definition) is 5. The van der Waals surface area contributed by atoms with Crippen LogP contribution in [0.4, 0.5) is 0 Å². The predicted octanol–water partition coefficient (Wildman–Crippen LogP) is 3.13. The van der Waals surface area contributed by atoms with Gasteiger partial charge in [-0.25, -0.2) is 9.50 Å². The summed E-state index contributed by atoms with van der Waals surface area (Å²) in [5, 5.41) is 8.68.